The Bertz CT molecular complexity index is 985. The fourth-order valence-corrected chi connectivity index (χ4v) is 2.62. The number of phenolic OH excluding ortho intramolecular Hbond substituents is 1. The van der Waals surface area contributed by atoms with E-state index in [4.69, 9.17) is 16.3 Å². The molecule has 0 amide bonds. The number of rotatable bonds is 4. The van der Waals surface area contributed by atoms with Gasteiger partial charge in [-0.2, -0.15) is 0 Å². The van der Waals surface area contributed by atoms with Crippen molar-refractivity contribution in [2.75, 3.05) is 7.11 Å². The molecule has 25 heavy (non-hydrogen) atoms. The lowest BCUT2D eigenvalue weighted by Crippen LogP contribution is -1.92. The summed E-state index contributed by atoms with van der Waals surface area (Å²) >= 11 is 6.05. The molecule has 6 nitrogen and oxygen atoms in total. The fourth-order valence-electron chi connectivity index (χ4n) is 2.36. The van der Waals surface area contributed by atoms with E-state index in [0.717, 1.165) is 17.4 Å². The Morgan fingerprint density at radius 2 is 1.92 bits per heavy atom. The number of hydrogen-bond donors (Lipinski definition) is 1. The number of hydrogen-bond acceptors (Lipinski definition) is 5. The smallest absolute Gasteiger partial charge is 0.314 e. The monoisotopic (exact) mass is 356 g/mol. The van der Waals surface area contributed by atoms with E-state index in [2.05, 4.69) is 4.98 Å². The van der Waals surface area contributed by atoms with Gasteiger partial charge in [-0.3, -0.25) is 10.1 Å². The van der Waals surface area contributed by atoms with Crippen molar-refractivity contribution >= 4 is 40.3 Å². The molecule has 0 spiro atoms. The van der Waals surface area contributed by atoms with Crippen LogP contribution in [0.3, 0.4) is 0 Å². The van der Waals surface area contributed by atoms with Gasteiger partial charge in [-0.25, -0.2) is 4.98 Å². The molecule has 0 saturated carbocycles. The van der Waals surface area contributed by atoms with Crippen LogP contribution in [0.15, 0.2) is 42.5 Å². The molecular formula is C18H13ClN2O4. The number of aromatic hydroxyl groups is 1. The second-order valence-corrected chi connectivity index (χ2v) is 5.63. The normalized spacial score (nSPS) is 11.1. The molecule has 0 unspecified atom stereocenters. The summed E-state index contributed by atoms with van der Waals surface area (Å²) in [5.41, 5.74) is 1.09. The van der Waals surface area contributed by atoms with E-state index in [-0.39, 0.29) is 10.5 Å². The van der Waals surface area contributed by atoms with Crippen LogP contribution in [-0.4, -0.2) is 22.1 Å². The zero-order valence-corrected chi connectivity index (χ0v) is 13.9. The van der Waals surface area contributed by atoms with E-state index in [1.807, 2.05) is 30.3 Å². The van der Waals surface area contributed by atoms with Crippen LogP contribution in [-0.2, 0) is 0 Å². The summed E-state index contributed by atoms with van der Waals surface area (Å²) in [6, 6.07) is 11.9. The highest BCUT2D eigenvalue weighted by molar-refractivity contribution is 6.36. The molecule has 0 fully saturated rings. The first-order chi connectivity index (χ1) is 12.0. The molecule has 0 aliphatic carbocycles. The number of fused-ring (bicyclic) bond motifs is 1. The molecule has 3 aromatic rings. The van der Waals surface area contributed by atoms with Crippen LogP contribution in [0.1, 0.15) is 11.3 Å². The number of nitro benzene ring substituents is 1. The van der Waals surface area contributed by atoms with Gasteiger partial charge in [-0.05, 0) is 35.9 Å². The molecular weight excluding hydrogens is 344 g/mol. The maximum absolute atomic E-state index is 11.0. The minimum absolute atomic E-state index is 0.0936. The quantitative estimate of drug-likeness (QED) is 0.541. The third-order valence-corrected chi connectivity index (χ3v) is 3.98. The van der Waals surface area contributed by atoms with Crippen molar-refractivity contribution in [2.24, 2.45) is 0 Å². The molecule has 0 aliphatic rings. The first kappa shape index (κ1) is 16.7. The SMILES string of the molecule is COc1ccc(C=Cc2ccc3c(Cl)cc([N+](=O)[O-])c(O)c3n2)cc1. The van der Waals surface area contributed by atoms with Crippen molar-refractivity contribution in [3.8, 4) is 11.5 Å². The molecule has 0 saturated heterocycles. The Morgan fingerprint density at radius 3 is 2.56 bits per heavy atom. The highest BCUT2D eigenvalue weighted by Gasteiger charge is 2.20. The van der Waals surface area contributed by atoms with Crippen molar-refractivity contribution < 1.29 is 14.8 Å². The van der Waals surface area contributed by atoms with Gasteiger partial charge in [0, 0.05) is 11.5 Å². The number of ether oxygens (including phenoxy) is 1. The number of nitro groups is 1. The lowest BCUT2D eigenvalue weighted by molar-refractivity contribution is -0.385. The van der Waals surface area contributed by atoms with Gasteiger partial charge in [0.2, 0.25) is 5.75 Å². The second kappa shape index (κ2) is 6.78. The molecule has 1 heterocycles. The van der Waals surface area contributed by atoms with Crippen molar-refractivity contribution in [1.29, 1.82) is 0 Å². The lowest BCUT2D eigenvalue weighted by Gasteiger charge is -2.05. The third-order valence-electron chi connectivity index (χ3n) is 3.66. The van der Waals surface area contributed by atoms with E-state index < -0.39 is 16.4 Å². The lowest BCUT2D eigenvalue weighted by atomic mass is 10.1. The number of nitrogens with zero attached hydrogens (tertiary/aromatic N) is 2. The standard InChI is InChI=1S/C18H13ClN2O4/c1-25-13-7-3-11(4-8-13)2-5-12-6-9-14-15(19)10-16(21(23)24)18(22)17(14)20-12/h2-10,22H,1H3. The Morgan fingerprint density at radius 1 is 1.20 bits per heavy atom. The fraction of sp³-hybridized carbons (Fsp3) is 0.0556. The summed E-state index contributed by atoms with van der Waals surface area (Å²) < 4.78 is 5.10. The van der Waals surface area contributed by atoms with E-state index in [0.29, 0.717) is 11.1 Å². The summed E-state index contributed by atoms with van der Waals surface area (Å²) in [4.78, 5) is 14.6. The van der Waals surface area contributed by atoms with Crippen molar-refractivity contribution in [3.63, 3.8) is 0 Å². The summed E-state index contributed by atoms with van der Waals surface area (Å²) in [5, 5.41) is 21.7. The average Bonchev–Trinajstić information content (AvgIpc) is 2.63. The van der Waals surface area contributed by atoms with Gasteiger partial charge in [0.05, 0.1) is 22.7 Å². The highest BCUT2D eigenvalue weighted by atomic mass is 35.5. The molecule has 0 aliphatic heterocycles. The second-order valence-electron chi connectivity index (χ2n) is 5.22. The first-order valence-electron chi connectivity index (χ1n) is 7.28. The van der Waals surface area contributed by atoms with Crippen LogP contribution >= 0.6 is 11.6 Å². The van der Waals surface area contributed by atoms with Crippen molar-refractivity contribution in [2.45, 2.75) is 0 Å². The van der Waals surface area contributed by atoms with Crippen molar-refractivity contribution in [3.05, 3.63) is 68.9 Å². The van der Waals surface area contributed by atoms with Gasteiger partial charge in [0.25, 0.3) is 0 Å². The van der Waals surface area contributed by atoms with Crippen molar-refractivity contribution in [1.82, 2.24) is 4.98 Å². The van der Waals surface area contributed by atoms with Gasteiger partial charge in [-0.1, -0.05) is 29.8 Å². The Labute approximate surface area is 148 Å². The highest BCUT2D eigenvalue weighted by Crippen LogP contribution is 2.38. The van der Waals surface area contributed by atoms with Crippen LogP contribution in [0.25, 0.3) is 23.1 Å². The maximum atomic E-state index is 11.0. The molecule has 0 atom stereocenters. The molecule has 126 valence electrons. The van der Waals surface area contributed by atoms with Crippen LogP contribution in [0, 0.1) is 10.1 Å². The van der Waals surface area contributed by atoms with E-state index in [1.54, 1.807) is 25.3 Å². The molecule has 2 aromatic carbocycles. The molecule has 1 N–H and O–H groups in total. The summed E-state index contributed by atoms with van der Waals surface area (Å²) in [6.07, 6.45) is 3.58. The van der Waals surface area contributed by atoms with Crippen LogP contribution in [0.5, 0.6) is 11.5 Å². The predicted molar refractivity (Wildman–Crippen MR) is 97.0 cm³/mol. The average molecular weight is 357 g/mol. The number of aromatic nitrogens is 1. The van der Waals surface area contributed by atoms with Gasteiger partial charge < -0.3 is 9.84 Å². The number of benzene rings is 2. The Kier molecular flexibility index (Phi) is 4.54. The first-order valence-corrected chi connectivity index (χ1v) is 7.66. The number of halogens is 1. The zero-order valence-electron chi connectivity index (χ0n) is 13.1. The molecule has 7 heteroatoms. The molecule has 3 rings (SSSR count). The number of phenols is 1. The molecule has 1 aromatic heterocycles. The predicted octanol–water partition coefficient (Wildman–Crippen LogP) is 4.68. The minimum Gasteiger partial charge on any atom is -0.501 e. The maximum Gasteiger partial charge on any atom is 0.314 e. The number of pyridine rings is 1. The Balaban J connectivity index is 2.01. The van der Waals surface area contributed by atoms with Gasteiger partial charge >= 0.3 is 5.69 Å². The van der Waals surface area contributed by atoms with Crippen LogP contribution < -0.4 is 4.74 Å². The Hall–Kier alpha value is -3.12. The summed E-state index contributed by atoms with van der Waals surface area (Å²) in [5.74, 6) is 0.261. The van der Waals surface area contributed by atoms with Gasteiger partial charge in [0.1, 0.15) is 11.3 Å². The van der Waals surface area contributed by atoms with Crippen LogP contribution in [0.2, 0.25) is 5.02 Å². The van der Waals surface area contributed by atoms with E-state index >= 15 is 0 Å². The molecule has 0 radical (unpaired) electrons. The van der Waals surface area contributed by atoms with Gasteiger partial charge in [-0.15, -0.1) is 0 Å². The molecule has 0 bridgehead atoms. The minimum atomic E-state index is -0.692. The summed E-state index contributed by atoms with van der Waals surface area (Å²) in [6.45, 7) is 0. The topological polar surface area (TPSA) is 85.5 Å². The van der Waals surface area contributed by atoms with Gasteiger partial charge in [0.15, 0.2) is 0 Å². The largest absolute Gasteiger partial charge is 0.501 e. The number of methoxy groups -OCH3 is 1. The van der Waals surface area contributed by atoms with E-state index in [9.17, 15) is 15.2 Å². The van der Waals surface area contributed by atoms with E-state index in [1.165, 1.54) is 0 Å². The zero-order chi connectivity index (χ0) is 18.0. The summed E-state index contributed by atoms with van der Waals surface area (Å²) in [7, 11) is 1.60. The van der Waals surface area contributed by atoms with Crippen LogP contribution in [0.4, 0.5) is 5.69 Å². The third kappa shape index (κ3) is 3.39.